The van der Waals surface area contributed by atoms with E-state index in [1.807, 2.05) is 0 Å². The van der Waals surface area contributed by atoms with Crippen molar-refractivity contribution in [2.75, 3.05) is 13.7 Å². The fourth-order valence-corrected chi connectivity index (χ4v) is 4.63. The highest BCUT2D eigenvalue weighted by Crippen LogP contribution is 2.48. The molecule has 160 valence electrons. The Morgan fingerprint density at radius 3 is 2.73 bits per heavy atom. The van der Waals surface area contributed by atoms with Crippen molar-refractivity contribution in [3.8, 4) is 11.5 Å². The number of hydrogen-bond acceptors (Lipinski definition) is 6. The Morgan fingerprint density at radius 1 is 1.40 bits per heavy atom. The van der Waals surface area contributed by atoms with Gasteiger partial charge in [0.05, 0.1) is 17.2 Å². The van der Waals surface area contributed by atoms with Crippen molar-refractivity contribution in [1.29, 1.82) is 0 Å². The standard InChI is InChI=1S/C23H26BrNO5/c1-6-7-30-22(28)18-12(2)25-15-10-23(3,4)11-16(26)20(15)19(18)13-8-14(24)21(27)17(9-13)29-5/h6,8-9,19,25,27H,1,7,10-11H2,2-5H3. The number of ketones is 1. The molecule has 0 saturated heterocycles. The lowest BCUT2D eigenvalue weighted by atomic mass is 9.68. The number of phenols is 1. The highest BCUT2D eigenvalue weighted by atomic mass is 79.9. The molecule has 1 aliphatic heterocycles. The van der Waals surface area contributed by atoms with E-state index in [9.17, 15) is 14.7 Å². The number of hydrogen-bond donors (Lipinski definition) is 2. The van der Waals surface area contributed by atoms with Gasteiger partial charge in [-0.25, -0.2) is 4.79 Å². The van der Waals surface area contributed by atoms with Gasteiger partial charge >= 0.3 is 5.97 Å². The Morgan fingerprint density at radius 2 is 2.10 bits per heavy atom. The first-order valence-electron chi connectivity index (χ1n) is 9.68. The zero-order valence-electron chi connectivity index (χ0n) is 17.6. The first-order valence-corrected chi connectivity index (χ1v) is 10.5. The number of aromatic hydroxyl groups is 1. The molecule has 1 heterocycles. The molecule has 6 nitrogen and oxygen atoms in total. The number of methoxy groups -OCH3 is 1. The molecule has 0 fully saturated rings. The molecule has 1 aromatic rings. The summed E-state index contributed by atoms with van der Waals surface area (Å²) in [5.74, 6) is -0.953. The predicted octanol–water partition coefficient (Wildman–Crippen LogP) is 4.50. The Kier molecular flexibility index (Phi) is 6.13. The topological polar surface area (TPSA) is 84.9 Å². The number of carbonyl (C=O) groups excluding carboxylic acids is 2. The van der Waals surface area contributed by atoms with Gasteiger partial charge in [0.15, 0.2) is 17.3 Å². The lowest BCUT2D eigenvalue weighted by Crippen LogP contribution is -2.38. The van der Waals surface area contributed by atoms with Crippen molar-refractivity contribution in [3.05, 3.63) is 57.4 Å². The normalized spacial score (nSPS) is 20.4. The van der Waals surface area contributed by atoms with Gasteiger partial charge in [-0.2, -0.15) is 0 Å². The zero-order valence-corrected chi connectivity index (χ0v) is 19.2. The molecule has 2 aliphatic rings. The van der Waals surface area contributed by atoms with Crippen molar-refractivity contribution >= 4 is 27.7 Å². The molecule has 0 bridgehead atoms. The molecule has 0 aromatic heterocycles. The van der Waals surface area contributed by atoms with Crippen LogP contribution in [0, 0.1) is 5.41 Å². The second-order valence-electron chi connectivity index (χ2n) is 8.37. The van der Waals surface area contributed by atoms with E-state index in [2.05, 4.69) is 41.7 Å². The number of ether oxygens (including phenoxy) is 2. The predicted molar refractivity (Wildman–Crippen MR) is 117 cm³/mol. The van der Waals surface area contributed by atoms with Crippen LogP contribution >= 0.6 is 15.9 Å². The monoisotopic (exact) mass is 475 g/mol. The molecule has 2 N–H and O–H groups in total. The van der Waals surface area contributed by atoms with Gasteiger partial charge in [-0.05, 0) is 52.4 Å². The van der Waals surface area contributed by atoms with Crippen LogP contribution in [0.2, 0.25) is 0 Å². The van der Waals surface area contributed by atoms with Crippen LogP contribution < -0.4 is 10.1 Å². The Bertz CT molecular complexity index is 990. The number of carbonyl (C=O) groups is 2. The molecule has 1 unspecified atom stereocenters. The van der Waals surface area contributed by atoms with Gasteiger partial charge < -0.3 is 19.9 Å². The first-order chi connectivity index (χ1) is 14.1. The van der Waals surface area contributed by atoms with Gasteiger partial charge in [-0.15, -0.1) is 0 Å². The SMILES string of the molecule is C=CCOC(=O)C1=C(C)NC2=C(C(=O)CC(C)(C)C2)C1c1cc(Br)c(O)c(OC)c1. The summed E-state index contributed by atoms with van der Waals surface area (Å²) in [5.41, 5.74) is 2.86. The van der Waals surface area contributed by atoms with Gasteiger partial charge in [0.2, 0.25) is 0 Å². The fourth-order valence-electron chi connectivity index (χ4n) is 4.17. The van der Waals surface area contributed by atoms with E-state index in [0.29, 0.717) is 39.7 Å². The number of esters is 1. The van der Waals surface area contributed by atoms with E-state index in [1.165, 1.54) is 13.2 Å². The Balaban J connectivity index is 2.23. The van der Waals surface area contributed by atoms with Crippen molar-refractivity contribution in [2.24, 2.45) is 5.41 Å². The number of halogens is 1. The highest BCUT2D eigenvalue weighted by molar-refractivity contribution is 9.10. The van der Waals surface area contributed by atoms with Crippen molar-refractivity contribution in [2.45, 2.75) is 39.5 Å². The van der Waals surface area contributed by atoms with E-state index >= 15 is 0 Å². The number of dihydropyridines is 1. The van der Waals surface area contributed by atoms with Gasteiger partial charge in [0.25, 0.3) is 0 Å². The van der Waals surface area contributed by atoms with Crippen molar-refractivity contribution in [3.63, 3.8) is 0 Å². The molecular weight excluding hydrogens is 450 g/mol. The number of rotatable bonds is 5. The largest absolute Gasteiger partial charge is 0.503 e. The highest BCUT2D eigenvalue weighted by Gasteiger charge is 2.43. The van der Waals surface area contributed by atoms with Crippen molar-refractivity contribution in [1.82, 2.24) is 5.32 Å². The van der Waals surface area contributed by atoms with Gasteiger partial charge in [-0.3, -0.25) is 4.79 Å². The number of allylic oxidation sites excluding steroid dienone is 3. The van der Waals surface area contributed by atoms with Crippen molar-refractivity contribution < 1.29 is 24.2 Å². The summed E-state index contributed by atoms with van der Waals surface area (Å²) in [6.07, 6.45) is 2.57. The second kappa shape index (κ2) is 8.30. The summed E-state index contributed by atoms with van der Waals surface area (Å²) < 4.78 is 11.1. The third-order valence-electron chi connectivity index (χ3n) is 5.40. The minimum Gasteiger partial charge on any atom is -0.503 e. The molecule has 1 atom stereocenters. The summed E-state index contributed by atoms with van der Waals surface area (Å²) in [4.78, 5) is 26.2. The van der Waals surface area contributed by atoms with Crippen LogP contribution in [0.25, 0.3) is 0 Å². The zero-order chi connectivity index (χ0) is 22.2. The number of phenolic OH excluding ortho intramolecular Hbond substituents is 1. The summed E-state index contributed by atoms with van der Waals surface area (Å²) in [6.45, 7) is 9.57. The summed E-state index contributed by atoms with van der Waals surface area (Å²) in [7, 11) is 1.45. The average molecular weight is 476 g/mol. The molecule has 1 aromatic carbocycles. The van der Waals surface area contributed by atoms with Crippen LogP contribution in [0.4, 0.5) is 0 Å². The summed E-state index contributed by atoms with van der Waals surface area (Å²) >= 11 is 3.35. The maximum Gasteiger partial charge on any atom is 0.337 e. The van der Waals surface area contributed by atoms with Crippen LogP contribution in [0.1, 0.15) is 45.1 Å². The number of nitrogens with one attached hydrogen (secondary N) is 1. The number of benzene rings is 1. The molecule has 0 radical (unpaired) electrons. The lowest BCUT2D eigenvalue weighted by Gasteiger charge is -2.39. The van der Waals surface area contributed by atoms with Crippen LogP contribution in [0.3, 0.4) is 0 Å². The van der Waals surface area contributed by atoms with Crippen LogP contribution in [-0.4, -0.2) is 30.6 Å². The van der Waals surface area contributed by atoms with E-state index in [4.69, 9.17) is 9.47 Å². The minimum absolute atomic E-state index is 0.0107. The second-order valence-corrected chi connectivity index (χ2v) is 9.22. The molecule has 1 aliphatic carbocycles. The van der Waals surface area contributed by atoms with E-state index in [0.717, 1.165) is 5.70 Å². The van der Waals surface area contributed by atoms with Gasteiger partial charge in [0, 0.05) is 29.3 Å². The quantitative estimate of drug-likeness (QED) is 0.481. The Labute approximate surface area is 184 Å². The first kappa shape index (κ1) is 22.2. The maximum atomic E-state index is 13.2. The minimum atomic E-state index is -0.632. The Hall–Kier alpha value is -2.54. The molecule has 30 heavy (non-hydrogen) atoms. The average Bonchev–Trinajstić information content (AvgIpc) is 2.66. The maximum absolute atomic E-state index is 13.2. The third-order valence-corrected chi connectivity index (χ3v) is 6.00. The van der Waals surface area contributed by atoms with E-state index in [-0.39, 0.29) is 29.3 Å². The summed E-state index contributed by atoms with van der Waals surface area (Å²) in [5, 5.41) is 13.5. The van der Waals surface area contributed by atoms with Gasteiger partial charge in [-0.1, -0.05) is 26.5 Å². The third kappa shape index (κ3) is 4.03. The lowest BCUT2D eigenvalue weighted by molar-refractivity contribution is -0.138. The molecular formula is C23H26BrNO5. The smallest absolute Gasteiger partial charge is 0.337 e. The van der Waals surface area contributed by atoms with Crippen LogP contribution in [-0.2, 0) is 14.3 Å². The molecule has 7 heteroatoms. The molecule has 3 rings (SSSR count). The molecule has 0 amide bonds. The molecule has 0 saturated carbocycles. The molecule has 0 spiro atoms. The van der Waals surface area contributed by atoms with E-state index in [1.54, 1.807) is 19.1 Å². The van der Waals surface area contributed by atoms with E-state index < -0.39 is 11.9 Å². The fraction of sp³-hybridized carbons (Fsp3) is 0.391. The van der Waals surface area contributed by atoms with Crippen LogP contribution in [0.5, 0.6) is 11.5 Å². The summed E-state index contributed by atoms with van der Waals surface area (Å²) in [6, 6.07) is 3.36. The number of Topliss-reactive ketones (excluding diaryl/α,β-unsaturated/α-hetero) is 1. The van der Waals surface area contributed by atoms with Gasteiger partial charge in [0.1, 0.15) is 6.61 Å². The van der Waals surface area contributed by atoms with Crippen LogP contribution in [0.15, 0.2) is 51.8 Å².